The first-order valence-corrected chi connectivity index (χ1v) is 5.34. The van der Waals surface area contributed by atoms with Crippen LogP contribution in [0.4, 0.5) is 5.69 Å². The van der Waals surface area contributed by atoms with Crippen molar-refractivity contribution in [3.63, 3.8) is 0 Å². The normalized spacial score (nSPS) is 10.1. The second-order valence-corrected chi connectivity index (χ2v) is 4.04. The number of anilines is 1. The summed E-state index contributed by atoms with van der Waals surface area (Å²) < 4.78 is 0. The predicted octanol–water partition coefficient (Wildman–Crippen LogP) is 1.31. The third-order valence-electron chi connectivity index (χ3n) is 1.71. The molecule has 0 radical (unpaired) electrons. The lowest BCUT2D eigenvalue weighted by Crippen LogP contribution is -2.05. The Labute approximate surface area is 95.8 Å². The van der Waals surface area contributed by atoms with Gasteiger partial charge in [0.15, 0.2) is 0 Å². The van der Waals surface area contributed by atoms with Crippen LogP contribution in [-0.2, 0) is 4.79 Å². The average Bonchev–Trinajstić information content (AvgIpc) is 2.73. The van der Waals surface area contributed by atoms with Crippen molar-refractivity contribution in [2.45, 2.75) is 17.0 Å². The van der Waals surface area contributed by atoms with E-state index in [-0.39, 0.29) is 5.91 Å². The Morgan fingerprint density at radius 1 is 1.38 bits per heavy atom. The van der Waals surface area contributed by atoms with Gasteiger partial charge in [0.1, 0.15) is 0 Å². The molecule has 0 saturated carbocycles. The summed E-state index contributed by atoms with van der Waals surface area (Å²) in [6.45, 7) is 1.47. The number of carbonyl (C=O) groups is 1. The molecule has 0 unspecified atom stereocenters. The molecule has 2 N–H and O–H groups in total. The molecule has 0 atom stereocenters. The summed E-state index contributed by atoms with van der Waals surface area (Å²) in [6.07, 6.45) is 0. The number of H-pyrrole nitrogens is 1. The molecule has 6 nitrogen and oxygen atoms in total. The predicted molar refractivity (Wildman–Crippen MR) is 59.0 cm³/mol. The van der Waals surface area contributed by atoms with Gasteiger partial charge in [-0.3, -0.25) is 4.79 Å². The Morgan fingerprint density at radius 3 is 2.69 bits per heavy atom. The molecule has 82 valence electrons. The third-order valence-corrected chi connectivity index (χ3v) is 2.57. The maximum atomic E-state index is 10.8. The first kappa shape index (κ1) is 10.6. The molecule has 1 amide bonds. The number of nitrogens with one attached hydrogen (secondary N) is 2. The maximum absolute atomic E-state index is 10.8. The van der Waals surface area contributed by atoms with Crippen molar-refractivity contribution >= 4 is 23.4 Å². The molecule has 2 rings (SSSR count). The van der Waals surface area contributed by atoms with Crippen LogP contribution in [-0.4, -0.2) is 26.5 Å². The fourth-order valence-corrected chi connectivity index (χ4v) is 1.76. The van der Waals surface area contributed by atoms with Gasteiger partial charge in [0.05, 0.1) is 0 Å². The van der Waals surface area contributed by atoms with Crippen molar-refractivity contribution in [3.8, 4) is 0 Å². The Morgan fingerprint density at radius 2 is 2.12 bits per heavy atom. The van der Waals surface area contributed by atoms with Crippen LogP contribution in [0.2, 0.25) is 0 Å². The zero-order valence-electron chi connectivity index (χ0n) is 8.47. The lowest BCUT2D eigenvalue weighted by Gasteiger charge is -2.02. The fourth-order valence-electron chi connectivity index (χ4n) is 1.11. The van der Waals surface area contributed by atoms with Gasteiger partial charge < -0.3 is 5.32 Å². The maximum Gasteiger partial charge on any atom is 0.235 e. The number of hydrogen-bond acceptors (Lipinski definition) is 5. The number of nitrogens with zero attached hydrogens (tertiary/aromatic N) is 3. The van der Waals surface area contributed by atoms with Gasteiger partial charge in [-0.15, -0.1) is 10.2 Å². The van der Waals surface area contributed by atoms with Crippen LogP contribution >= 0.6 is 11.8 Å². The van der Waals surface area contributed by atoms with E-state index < -0.39 is 0 Å². The van der Waals surface area contributed by atoms with Crippen LogP contribution < -0.4 is 5.32 Å². The quantitative estimate of drug-likeness (QED) is 0.838. The zero-order chi connectivity index (χ0) is 11.4. The molecule has 0 saturated heterocycles. The molecule has 0 aliphatic heterocycles. The van der Waals surface area contributed by atoms with E-state index in [1.165, 1.54) is 18.7 Å². The number of rotatable bonds is 3. The van der Waals surface area contributed by atoms with Crippen LogP contribution in [0.25, 0.3) is 0 Å². The van der Waals surface area contributed by atoms with Gasteiger partial charge in [-0.05, 0) is 41.2 Å². The minimum absolute atomic E-state index is 0.0847. The SMILES string of the molecule is CC(=O)Nc1ccc(Sc2nn[nH]n2)cc1. The lowest BCUT2D eigenvalue weighted by molar-refractivity contribution is -0.114. The highest BCUT2D eigenvalue weighted by atomic mass is 32.2. The molecular weight excluding hydrogens is 226 g/mol. The van der Waals surface area contributed by atoms with Gasteiger partial charge in [0, 0.05) is 17.5 Å². The molecule has 0 bridgehead atoms. The van der Waals surface area contributed by atoms with E-state index in [9.17, 15) is 4.79 Å². The van der Waals surface area contributed by atoms with E-state index in [0.29, 0.717) is 5.16 Å². The number of carbonyl (C=O) groups excluding carboxylic acids is 1. The van der Waals surface area contributed by atoms with E-state index in [1.807, 2.05) is 24.3 Å². The number of amides is 1. The average molecular weight is 235 g/mol. The second kappa shape index (κ2) is 4.75. The Kier molecular flexibility index (Phi) is 3.16. The highest BCUT2D eigenvalue weighted by molar-refractivity contribution is 7.99. The van der Waals surface area contributed by atoms with Crippen molar-refractivity contribution in [1.82, 2.24) is 20.6 Å². The summed E-state index contributed by atoms with van der Waals surface area (Å²) in [4.78, 5) is 11.8. The fraction of sp³-hybridized carbons (Fsp3) is 0.111. The molecule has 1 heterocycles. The van der Waals surface area contributed by atoms with Gasteiger partial charge in [-0.2, -0.15) is 5.21 Å². The van der Waals surface area contributed by atoms with E-state index in [0.717, 1.165) is 10.6 Å². The third kappa shape index (κ3) is 2.80. The minimum atomic E-state index is -0.0847. The molecule has 0 spiro atoms. The summed E-state index contributed by atoms with van der Waals surface area (Å²) >= 11 is 1.39. The number of aromatic nitrogens is 4. The molecular formula is C9H9N5OS. The molecule has 0 fully saturated rings. The molecule has 1 aromatic carbocycles. The van der Waals surface area contributed by atoms with Crippen LogP contribution in [0.3, 0.4) is 0 Å². The number of hydrogen-bond donors (Lipinski definition) is 2. The number of aromatic amines is 1. The van der Waals surface area contributed by atoms with E-state index >= 15 is 0 Å². The van der Waals surface area contributed by atoms with Gasteiger partial charge in [0.2, 0.25) is 11.1 Å². The summed E-state index contributed by atoms with van der Waals surface area (Å²) in [7, 11) is 0. The van der Waals surface area contributed by atoms with Crippen molar-refractivity contribution in [3.05, 3.63) is 24.3 Å². The standard InChI is InChI=1S/C9H9N5OS/c1-6(15)10-7-2-4-8(5-3-7)16-9-11-13-14-12-9/h2-5H,1H3,(H,10,15)(H,11,12,13,14). The summed E-state index contributed by atoms with van der Waals surface area (Å²) in [5.41, 5.74) is 0.768. The van der Waals surface area contributed by atoms with Crippen LogP contribution in [0, 0.1) is 0 Å². The van der Waals surface area contributed by atoms with Gasteiger partial charge in [0.25, 0.3) is 0 Å². The molecule has 0 aliphatic rings. The van der Waals surface area contributed by atoms with Gasteiger partial charge in [-0.25, -0.2) is 0 Å². The minimum Gasteiger partial charge on any atom is -0.326 e. The number of tetrazole rings is 1. The Bertz CT molecular complexity index is 467. The van der Waals surface area contributed by atoms with Crippen molar-refractivity contribution < 1.29 is 4.79 Å². The molecule has 0 aliphatic carbocycles. The summed E-state index contributed by atoms with van der Waals surface area (Å²) in [5, 5.41) is 16.8. The Hall–Kier alpha value is -1.89. The van der Waals surface area contributed by atoms with Gasteiger partial charge >= 0.3 is 0 Å². The molecule has 7 heteroatoms. The molecule has 1 aromatic heterocycles. The first-order valence-electron chi connectivity index (χ1n) is 4.53. The second-order valence-electron chi connectivity index (χ2n) is 3.00. The van der Waals surface area contributed by atoms with Crippen LogP contribution in [0.1, 0.15) is 6.92 Å². The monoisotopic (exact) mass is 235 g/mol. The highest BCUT2D eigenvalue weighted by Crippen LogP contribution is 2.24. The van der Waals surface area contributed by atoms with Crippen LogP contribution in [0.5, 0.6) is 0 Å². The largest absolute Gasteiger partial charge is 0.326 e. The zero-order valence-corrected chi connectivity index (χ0v) is 9.28. The topological polar surface area (TPSA) is 83.6 Å². The van der Waals surface area contributed by atoms with Crippen molar-refractivity contribution in [1.29, 1.82) is 0 Å². The van der Waals surface area contributed by atoms with Gasteiger partial charge in [-0.1, -0.05) is 0 Å². The van der Waals surface area contributed by atoms with Crippen LogP contribution in [0.15, 0.2) is 34.3 Å². The summed E-state index contributed by atoms with van der Waals surface area (Å²) in [5.74, 6) is -0.0847. The van der Waals surface area contributed by atoms with E-state index in [1.54, 1.807) is 0 Å². The molecule has 2 aromatic rings. The molecule has 16 heavy (non-hydrogen) atoms. The van der Waals surface area contributed by atoms with E-state index in [4.69, 9.17) is 0 Å². The summed E-state index contributed by atoms with van der Waals surface area (Å²) in [6, 6.07) is 7.41. The van der Waals surface area contributed by atoms with Crippen molar-refractivity contribution in [2.24, 2.45) is 0 Å². The number of benzene rings is 1. The lowest BCUT2D eigenvalue weighted by atomic mass is 10.3. The Balaban J connectivity index is 2.05. The van der Waals surface area contributed by atoms with E-state index in [2.05, 4.69) is 25.9 Å². The highest BCUT2D eigenvalue weighted by Gasteiger charge is 2.02. The van der Waals surface area contributed by atoms with Crippen molar-refractivity contribution in [2.75, 3.05) is 5.32 Å². The smallest absolute Gasteiger partial charge is 0.235 e. The first-order chi connectivity index (χ1) is 7.74.